The number of rotatable bonds is 11. The summed E-state index contributed by atoms with van der Waals surface area (Å²) in [5, 5.41) is 0. The normalized spacial score (nSPS) is 15.5. The highest BCUT2D eigenvalue weighted by molar-refractivity contribution is 5.84. The number of benzene rings is 2. The van der Waals surface area contributed by atoms with Crippen LogP contribution in [-0.4, -0.2) is 60.9 Å². The second-order valence-electron chi connectivity index (χ2n) is 12.2. The van der Waals surface area contributed by atoms with Gasteiger partial charge in [0.15, 0.2) is 0 Å². The van der Waals surface area contributed by atoms with Crippen LogP contribution >= 0.6 is 0 Å². The first kappa shape index (κ1) is 33.0. The van der Waals surface area contributed by atoms with Crippen molar-refractivity contribution in [3.63, 3.8) is 0 Å². The summed E-state index contributed by atoms with van der Waals surface area (Å²) in [5.41, 5.74) is 1.10. The first-order chi connectivity index (χ1) is 19.8. The maximum atomic E-state index is 15.2. The minimum atomic E-state index is -1.35. The fraction of sp³-hybridized carbons (Fsp3) is 0.545. The molecule has 0 N–H and O–H groups in total. The SMILES string of the molecule is CC(C)C[C@@H](C(=O)O[C@H](Cc1ccc(C2CCOCC2)c(F)c1)C(=O)OCc1ccccc1)N(C)C(=O)OC(C)(C)C. The average molecular weight is 586 g/mol. The molecule has 1 amide bonds. The van der Waals surface area contributed by atoms with Gasteiger partial charge >= 0.3 is 18.0 Å². The van der Waals surface area contributed by atoms with E-state index in [-0.39, 0.29) is 37.1 Å². The van der Waals surface area contributed by atoms with Crippen LogP contribution in [0.15, 0.2) is 48.5 Å². The molecule has 230 valence electrons. The van der Waals surface area contributed by atoms with Crippen molar-refractivity contribution >= 4 is 18.0 Å². The third-order valence-corrected chi connectivity index (χ3v) is 7.01. The second-order valence-corrected chi connectivity index (χ2v) is 12.2. The molecule has 42 heavy (non-hydrogen) atoms. The van der Waals surface area contributed by atoms with Crippen LogP contribution < -0.4 is 0 Å². The monoisotopic (exact) mass is 585 g/mol. The maximum Gasteiger partial charge on any atom is 0.410 e. The van der Waals surface area contributed by atoms with E-state index in [2.05, 4.69) is 0 Å². The number of carbonyl (C=O) groups excluding carboxylic acids is 3. The van der Waals surface area contributed by atoms with Crippen LogP contribution in [0.25, 0.3) is 0 Å². The first-order valence-electron chi connectivity index (χ1n) is 14.6. The summed E-state index contributed by atoms with van der Waals surface area (Å²) in [6.07, 6.45) is -0.352. The van der Waals surface area contributed by atoms with Gasteiger partial charge in [0.05, 0.1) is 0 Å². The molecule has 1 fully saturated rings. The Hall–Kier alpha value is -3.46. The van der Waals surface area contributed by atoms with Crippen molar-refractivity contribution in [2.45, 2.75) is 90.6 Å². The minimum absolute atomic E-state index is 0.0159. The van der Waals surface area contributed by atoms with Crippen LogP contribution in [0.3, 0.4) is 0 Å². The lowest BCUT2D eigenvalue weighted by Crippen LogP contribution is -2.47. The molecule has 0 saturated carbocycles. The van der Waals surface area contributed by atoms with Gasteiger partial charge in [0.2, 0.25) is 6.10 Å². The van der Waals surface area contributed by atoms with Gasteiger partial charge in [-0.1, -0.05) is 56.3 Å². The van der Waals surface area contributed by atoms with Gasteiger partial charge in [-0.15, -0.1) is 0 Å². The van der Waals surface area contributed by atoms with Crippen molar-refractivity contribution in [1.29, 1.82) is 0 Å². The van der Waals surface area contributed by atoms with Crippen molar-refractivity contribution in [1.82, 2.24) is 4.90 Å². The summed E-state index contributed by atoms with van der Waals surface area (Å²) in [6.45, 7) is 10.2. The van der Waals surface area contributed by atoms with Crippen molar-refractivity contribution in [2.75, 3.05) is 20.3 Å². The Labute approximate surface area is 248 Å². The standard InChI is InChI=1S/C33H44FNO7/c1-22(2)18-28(35(6)32(38)42-33(3,4)5)30(36)41-29(31(37)40-21-23-10-8-7-9-11-23)20-24-12-13-26(27(34)19-24)25-14-16-39-17-15-25/h7-13,19,22,25,28-29H,14-18,20-21H2,1-6H3/t28-,29+/m0/s1. The summed E-state index contributed by atoms with van der Waals surface area (Å²) >= 11 is 0. The quantitative estimate of drug-likeness (QED) is 0.229. The van der Waals surface area contributed by atoms with Gasteiger partial charge < -0.3 is 18.9 Å². The molecule has 9 heteroatoms. The largest absolute Gasteiger partial charge is 0.458 e. The molecular weight excluding hydrogens is 541 g/mol. The molecule has 2 atom stereocenters. The van der Waals surface area contributed by atoms with Crippen molar-refractivity contribution < 1.29 is 37.7 Å². The highest BCUT2D eigenvalue weighted by Gasteiger charge is 2.35. The molecule has 3 rings (SSSR count). The molecule has 1 aliphatic rings. The molecule has 0 aromatic heterocycles. The lowest BCUT2D eigenvalue weighted by molar-refractivity contribution is -0.171. The van der Waals surface area contributed by atoms with E-state index in [0.717, 1.165) is 18.4 Å². The number of nitrogens with zero attached hydrogens (tertiary/aromatic N) is 1. The Kier molecular flexibility index (Phi) is 11.9. The number of likely N-dealkylation sites (N-methyl/N-ethyl adjacent to an activating group) is 1. The highest BCUT2D eigenvalue weighted by Crippen LogP contribution is 2.30. The van der Waals surface area contributed by atoms with Crippen LogP contribution in [0.2, 0.25) is 0 Å². The lowest BCUT2D eigenvalue weighted by Gasteiger charge is -2.31. The first-order valence-corrected chi connectivity index (χ1v) is 14.6. The highest BCUT2D eigenvalue weighted by atomic mass is 19.1. The van der Waals surface area contributed by atoms with Gasteiger partial charge in [0.25, 0.3) is 0 Å². The topological polar surface area (TPSA) is 91.4 Å². The van der Waals surface area contributed by atoms with E-state index in [9.17, 15) is 14.4 Å². The smallest absolute Gasteiger partial charge is 0.410 e. The van der Waals surface area contributed by atoms with E-state index >= 15 is 4.39 Å². The molecule has 0 aliphatic carbocycles. The number of hydrogen-bond donors (Lipinski definition) is 0. The summed E-state index contributed by atoms with van der Waals surface area (Å²) in [5.74, 6) is -1.80. The van der Waals surface area contributed by atoms with E-state index in [1.165, 1.54) is 18.0 Å². The number of ether oxygens (including phenoxy) is 4. The van der Waals surface area contributed by atoms with E-state index in [1.54, 1.807) is 32.9 Å². The summed E-state index contributed by atoms with van der Waals surface area (Å²) in [4.78, 5) is 40.8. The molecule has 0 unspecified atom stereocenters. The van der Waals surface area contributed by atoms with E-state index in [1.807, 2.05) is 44.2 Å². The average Bonchev–Trinajstić information content (AvgIpc) is 2.94. The van der Waals surface area contributed by atoms with Crippen LogP contribution in [0, 0.1) is 11.7 Å². The summed E-state index contributed by atoms with van der Waals surface area (Å²) in [7, 11) is 1.47. The van der Waals surface area contributed by atoms with E-state index < -0.39 is 35.8 Å². The minimum Gasteiger partial charge on any atom is -0.458 e. The molecule has 0 bridgehead atoms. The molecule has 2 aromatic carbocycles. The van der Waals surface area contributed by atoms with E-state index in [0.29, 0.717) is 24.3 Å². The predicted molar refractivity (Wildman–Crippen MR) is 156 cm³/mol. The molecule has 8 nitrogen and oxygen atoms in total. The zero-order valence-electron chi connectivity index (χ0n) is 25.6. The Morgan fingerprint density at radius 1 is 1.00 bits per heavy atom. The van der Waals surface area contributed by atoms with Crippen LogP contribution in [0.4, 0.5) is 9.18 Å². The fourth-order valence-electron chi connectivity index (χ4n) is 4.79. The molecular formula is C33H44FNO7. The van der Waals surface area contributed by atoms with Gasteiger partial charge in [-0.3, -0.25) is 4.90 Å². The molecule has 0 spiro atoms. The summed E-state index contributed by atoms with van der Waals surface area (Å²) in [6, 6.07) is 13.0. The van der Waals surface area contributed by atoms with E-state index in [4.69, 9.17) is 18.9 Å². The maximum absolute atomic E-state index is 15.2. The van der Waals surface area contributed by atoms with Crippen LogP contribution in [-0.2, 0) is 41.6 Å². The van der Waals surface area contributed by atoms with Gasteiger partial charge in [-0.2, -0.15) is 0 Å². The number of esters is 2. The zero-order valence-corrected chi connectivity index (χ0v) is 25.6. The van der Waals surface area contributed by atoms with Crippen molar-refractivity contribution in [3.8, 4) is 0 Å². The number of carbonyl (C=O) groups is 3. The third-order valence-electron chi connectivity index (χ3n) is 7.01. The fourth-order valence-corrected chi connectivity index (χ4v) is 4.79. The molecule has 1 saturated heterocycles. The molecule has 0 radical (unpaired) electrons. The van der Waals surface area contributed by atoms with Crippen molar-refractivity contribution in [3.05, 3.63) is 71.0 Å². The molecule has 1 heterocycles. The molecule has 2 aromatic rings. The zero-order chi connectivity index (χ0) is 30.9. The Bertz CT molecular complexity index is 1190. The number of halogens is 1. The second kappa shape index (κ2) is 15.1. The lowest BCUT2D eigenvalue weighted by atomic mass is 9.90. The van der Waals surface area contributed by atoms with Crippen LogP contribution in [0.1, 0.15) is 76.5 Å². The predicted octanol–water partition coefficient (Wildman–Crippen LogP) is 6.20. The Morgan fingerprint density at radius 3 is 2.26 bits per heavy atom. The summed E-state index contributed by atoms with van der Waals surface area (Å²) < 4.78 is 37.3. The van der Waals surface area contributed by atoms with Gasteiger partial charge in [-0.25, -0.2) is 18.8 Å². The van der Waals surface area contributed by atoms with Gasteiger partial charge in [0, 0.05) is 26.7 Å². The van der Waals surface area contributed by atoms with Gasteiger partial charge in [-0.05, 0) is 74.6 Å². The number of hydrogen-bond acceptors (Lipinski definition) is 7. The Balaban J connectivity index is 1.82. The molecule has 1 aliphatic heterocycles. The third kappa shape index (κ3) is 10.1. The number of amides is 1. The van der Waals surface area contributed by atoms with Crippen LogP contribution in [0.5, 0.6) is 0 Å². The van der Waals surface area contributed by atoms with Crippen molar-refractivity contribution in [2.24, 2.45) is 5.92 Å². The Morgan fingerprint density at radius 2 is 1.67 bits per heavy atom. The van der Waals surface area contributed by atoms with Gasteiger partial charge in [0.1, 0.15) is 24.1 Å².